The smallest absolute Gasteiger partial charge is 0.256 e. The summed E-state index contributed by atoms with van der Waals surface area (Å²) in [6, 6.07) is 5.25. The number of carbonyl (C=O) groups is 1. The zero-order valence-corrected chi connectivity index (χ0v) is 11.6. The zero-order chi connectivity index (χ0) is 14.0. The molecule has 0 aromatic heterocycles. The second-order valence-corrected chi connectivity index (χ2v) is 5.24. The highest BCUT2D eigenvalue weighted by Gasteiger charge is 2.35. The number of hydrogen-bond donors (Lipinski definition) is 1. The largest absolute Gasteiger partial charge is 0.495 e. The standard InChI is InChI=1S/C14H20N2O3/c1-14(2)9-19-8-7-16(14)13(17)10-5-4-6-11(18-3)12(10)15/h4-6H,7-9,15H2,1-3H3. The molecule has 1 fully saturated rings. The summed E-state index contributed by atoms with van der Waals surface area (Å²) in [5.41, 5.74) is 6.52. The number of benzene rings is 1. The lowest BCUT2D eigenvalue weighted by Gasteiger charge is -2.42. The normalized spacial score (nSPS) is 18.2. The first-order chi connectivity index (χ1) is 8.97. The van der Waals surface area contributed by atoms with Crippen molar-refractivity contribution >= 4 is 11.6 Å². The van der Waals surface area contributed by atoms with E-state index in [0.717, 1.165) is 0 Å². The average molecular weight is 264 g/mol. The van der Waals surface area contributed by atoms with Crippen LogP contribution in [0.1, 0.15) is 24.2 Å². The predicted octanol–water partition coefficient (Wildman–Crippen LogP) is 1.53. The Morgan fingerprint density at radius 3 is 2.84 bits per heavy atom. The van der Waals surface area contributed by atoms with Crippen molar-refractivity contribution in [1.29, 1.82) is 0 Å². The van der Waals surface area contributed by atoms with E-state index in [4.69, 9.17) is 15.2 Å². The average Bonchev–Trinajstić information content (AvgIpc) is 2.38. The summed E-state index contributed by atoms with van der Waals surface area (Å²) in [5, 5.41) is 0. The molecule has 0 atom stereocenters. The molecule has 5 nitrogen and oxygen atoms in total. The molecule has 1 heterocycles. The maximum Gasteiger partial charge on any atom is 0.256 e. The molecule has 5 heteroatoms. The first-order valence-electron chi connectivity index (χ1n) is 6.29. The van der Waals surface area contributed by atoms with Crippen molar-refractivity contribution in [1.82, 2.24) is 4.90 Å². The highest BCUT2D eigenvalue weighted by Crippen LogP contribution is 2.28. The van der Waals surface area contributed by atoms with Crippen LogP contribution in [0.2, 0.25) is 0 Å². The van der Waals surface area contributed by atoms with Crippen molar-refractivity contribution in [2.24, 2.45) is 0 Å². The third-order valence-corrected chi connectivity index (χ3v) is 3.41. The van der Waals surface area contributed by atoms with Crippen molar-refractivity contribution in [2.45, 2.75) is 19.4 Å². The van der Waals surface area contributed by atoms with Crippen LogP contribution < -0.4 is 10.5 Å². The summed E-state index contributed by atoms with van der Waals surface area (Å²) in [4.78, 5) is 14.4. The van der Waals surface area contributed by atoms with E-state index < -0.39 is 0 Å². The molecular weight excluding hydrogens is 244 g/mol. The van der Waals surface area contributed by atoms with Gasteiger partial charge in [0.15, 0.2) is 0 Å². The third kappa shape index (κ3) is 2.51. The molecule has 2 N–H and O–H groups in total. The molecule has 19 heavy (non-hydrogen) atoms. The van der Waals surface area contributed by atoms with E-state index in [1.165, 1.54) is 0 Å². The van der Waals surface area contributed by atoms with E-state index in [0.29, 0.717) is 36.8 Å². The molecule has 0 spiro atoms. The number of para-hydroxylation sites is 1. The van der Waals surface area contributed by atoms with Crippen LogP contribution in [0.4, 0.5) is 5.69 Å². The molecule has 1 aliphatic heterocycles. The number of ether oxygens (including phenoxy) is 2. The fraction of sp³-hybridized carbons (Fsp3) is 0.500. The highest BCUT2D eigenvalue weighted by molar-refractivity contribution is 6.00. The van der Waals surface area contributed by atoms with Gasteiger partial charge in [-0.3, -0.25) is 4.79 Å². The first-order valence-corrected chi connectivity index (χ1v) is 6.29. The van der Waals surface area contributed by atoms with Crippen LogP contribution in [0.3, 0.4) is 0 Å². The molecule has 1 saturated heterocycles. The molecule has 0 unspecified atom stereocenters. The fourth-order valence-corrected chi connectivity index (χ4v) is 2.29. The molecule has 104 valence electrons. The lowest BCUT2D eigenvalue weighted by atomic mass is 10.00. The quantitative estimate of drug-likeness (QED) is 0.823. The van der Waals surface area contributed by atoms with Gasteiger partial charge in [-0.15, -0.1) is 0 Å². The number of methoxy groups -OCH3 is 1. The van der Waals surface area contributed by atoms with Crippen LogP contribution in [0.15, 0.2) is 18.2 Å². The van der Waals surface area contributed by atoms with Gasteiger partial charge >= 0.3 is 0 Å². The van der Waals surface area contributed by atoms with Gasteiger partial charge in [0.1, 0.15) is 5.75 Å². The van der Waals surface area contributed by atoms with Crippen LogP contribution in [0.5, 0.6) is 5.75 Å². The SMILES string of the molecule is COc1cccc(C(=O)N2CCOCC2(C)C)c1N. The maximum absolute atomic E-state index is 12.6. The van der Waals surface area contributed by atoms with Gasteiger partial charge in [-0.2, -0.15) is 0 Å². The van der Waals surface area contributed by atoms with Gasteiger partial charge in [0, 0.05) is 6.54 Å². The maximum atomic E-state index is 12.6. The number of hydrogen-bond acceptors (Lipinski definition) is 4. The van der Waals surface area contributed by atoms with Crippen molar-refractivity contribution in [3.8, 4) is 5.75 Å². The van der Waals surface area contributed by atoms with Crippen LogP contribution in [0, 0.1) is 0 Å². The lowest BCUT2D eigenvalue weighted by Crippen LogP contribution is -2.55. The molecule has 2 rings (SSSR count). The number of amides is 1. The molecule has 1 aromatic carbocycles. The number of anilines is 1. The number of rotatable bonds is 2. The summed E-state index contributed by atoms with van der Waals surface area (Å²) >= 11 is 0. The number of nitrogen functional groups attached to an aromatic ring is 1. The summed E-state index contributed by atoms with van der Waals surface area (Å²) in [7, 11) is 1.54. The Balaban J connectivity index is 2.34. The number of carbonyl (C=O) groups excluding carboxylic acids is 1. The molecular formula is C14H20N2O3. The number of nitrogens with zero attached hydrogens (tertiary/aromatic N) is 1. The van der Waals surface area contributed by atoms with Gasteiger partial charge in [0.25, 0.3) is 5.91 Å². The summed E-state index contributed by atoms with van der Waals surface area (Å²) in [5.74, 6) is 0.446. The summed E-state index contributed by atoms with van der Waals surface area (Å²) < 4.78 is 10.6. The highest BCUT2D eigenvalue weighted by atomic mass is 16.5. The van der Waals surface area contributed by atoms with Gasteiger partial charge in [0.05, 0.1) is 37.1 Å². The van der Waals surface area contributed by atoms with E-state index in [2.05, 4.69) is 0 Å². The second kappa shape index (κ2) is 5.09. The van der Waals surface area contributed by atoms with Crippen molar-refractivity contribution in [3.63, 3.8) is 0 Å². The molecule has 0 bridgehead atoms. The Kier molecular flexibility index (Phi) is 3.66. The minimum atomic E-state index is -0.329. The zero-order valence-electron chi connectivity index (χ0n) is 11.6. The number of morpholine rings is 1. The predicted molar refractivity (Wildman–Crippen MR) is 73.3 cm³/mol. The van der Waals surface area contributed by atoms with Gasteiger partial charge in [-0.05, 0) is 26.0 Å². The van der Waals surface area contributed by atoms with Crippen LogP contribution >= 0.6 is 0 Å². The third-order valence-electron chi connectivity index (χ3n) is 3.41. The Bertz CT molecular complexity index is 486. The van der Waals surface area contributed by atoms with Gasteiger partial charge in [0.2, 0.25) is 0 Å². The monoisotopic (exact) mass is 264 g/mol. The summed E-state index contributed by atoms with van der Waals surface area (Å²) in [6.07, 6.45) is 0. The Morgan fingerprint density at radius 1 is 1.47 bits per heavy atom. The Morgan fingerprint density at radius 2 is 2.21 bits per heavy atom. The summed E-state index contributed by atoms with van der Waals surface area (Å²) in [6.45, 7) is 5.63. The van der Waals surface area contributed by atoms with Gasteiger partial charge in [-0.1, -0.05) is 6.07 Å². The molecule has 1 amide bonds. The van der Waals surface area contributed by atoms with E-state index in [1.807, 2.05) is 18.7 Å². The van der Waals surface area contributed by atoms with E-state index in [-0.39, 0.29) is 11.4 Å². The Hall–Kier alpha value is -1.75. The van der Waals surface area contributed by atoms with Gasteiger partial charge < -0.3 is 20.1 Å². The van der Waals surface area contributed by atoms with Crippen LogP contribution in [-0.4, -0.2) is 43.2 Å². The minimum absolute atomic E-state index is 0.0790. The second-order valence-electron chi connectivity index (χ2n) is 5.24. The number of nitrogens with two attached hydrogens (primary N) is 1. The van der Waals surface area contributed by atoms with Crippen LogP contribution in [0.25, 0.3) is 0 Å². The lowest BCUT2D eigenvalue weighted by molar-refractivity contribution is -0.0370. The molecule has 0 saturated carbocycles. The van der Waals surface area contributed by atoms with Crippen LogP contribution in [-0.2, 0) is 4.74 Å². The van der Waals surface area contributed by atoms with Crippen molar-refractivity contribution in [2.75, 3.05) is 32.6 Å². The van der Waals surface area contributed by atoms with Crippen molar-refractivity contribution in [3.05, 3.63) is 23.8 Å². The van der Waals surface area contributed by atoms with E-state index in [1.54, 1.807) is 25.3 Å². The fourth-order valence-electron chi connectivity index (χ4n) is 2.29. The minimum Gasteiger partial charge on any atom is -0.495 e. The van der Waals surface area contributed by atoms with E-state index >= 15 is 0 Å². The topological polar surface area (TPSA) is 64.8 Å². The van der Waals surface area contributed by atoms with Crippen molar-refractivity contribution < 1.29 is 14.3 Å². The molecule has 1 aliphatic rings. The van der Waals surface area contributed by atoms with E-state index in [9.17, 15) is 4.79 Å². The van der Waals surface area contributed by atoms with Gasteiger partial charge in [-0.25, -0.2) is 0 Å². The Labute approximate surface area is 113 Å². The molecule has 0 aliphatic carbocycles. The first kappa shape index (κ1) is 13.7. The molecule has 0 radical (unpaired) electrons. The molecule has 1 aromatic rings.